The van der Waals surface area contributed by atoms with Crippen molar-refractivity contribution in [2.75, 3.05) is 5.73 Å². The van der Waals surface area contributed by atoms with Crippen LogP contribution in [0.4, 0.5) is 5.69 Å². The smallest absolute Gasteiger partial charge is 0.419 e. The highest BCUT2D eigenvalue weighted by Gasteiger charge is 2.51. The van der Waals surface area contributed by atoms with E-state index >= 15 is 0 Å². The van der Waals surface area contributed by atoms with Gasteiger partial charge in [-0.2, -0.15) is 0 Å². The molecule has 144 valence electrons. The van der Waals surface area contributed by atoms with E-state index in [1.54, 1.807) is 18.2 Å². The van der Waals surface area contributed by atoms with Crippen LogP contribution in [0.15, 0.2) is 23.8 Å². The third-order valence-corrected chi connectivity index (χ3v) is 5.05. The van der Waals surface area contributed by atoms with E-state index in [0.29, 0.717) is 11.3 Å². The summed E-state index contributed by atoms with van der Waals surface area (Å²) in [5.41, 5.74) is 6.44. The van der Waals surface area contributed by atoms with E-state index in [-0.39, 0.29) is 5.57 Å². The van der Waals surface area contributed by atoms with Crippen molar-refractivity contribution in [2.24, 2.45) is 0 Å². The predicted octanol–water partition coefficient (Wildman–Crippen LogP) is 1.79. The number of anilines is 1. The number of esters is 2. The number of rotatable bonds is 2. The second-order valence-corrected chi connectivity index (χ2v) is 8.21. The van der Waals surface area contributed by atoms with E-state index in [9.17, 15) is 9.59 Å². The van der Waals surface area contributed by atoms with E-state index in [1.807, 2.05) is 27.7 Å². The molecule has 0 amide bonds. The molecule has 7 nitrogen and oxygen atoms in total. The van der Waals surface area contributed by atoms with Crippen molar-refractivity contribution in [3.05, 3.63) is 29.3 Å². The Kier molecular flexibility index (Phi) is 4.40. The molecule has 8 heteroatoms. The second kappa shape index (κ2) is 6.10. The first-order chi connectivity index (χ1) is 12.3. The van der Waals surface area contributed by atoms with Crippen LogP contribution in [0.2, 0.25) is 0 Å². The zero-order valence-corrected chi connectivity index (χ0v) is 16.4. The van der Waals surface area contributed by atoms with Gasteiger partial charge in [-0.25, -0.2) is 9.59 Å². The lowest BCUT2D eigenvalue weighted by atomic mass is 9.78. The highest BCUT2D eigenvalue weighted by atomic mass is 16.7. The summed E-state index contributed by atoms with van der Waals surface area (Å²) in [7, 11) is -0.586. The number of nitrogens with two attached hydrogens (primary N) is 1. The number of ether oxygens (including phenoxy) is 2. The van der Waals surface area contributed by atoms with Crippen LogP contribution in [0.1, 0.15) is 47.1 Å². The fourth-order valence-electron chi connectivity index (χ4n) is 2.78. The van der Waals surface area contributed by atoms with Gasteiger partial charge in [0.05, 0.1) is 11.2 Å². The molecule has 3 rings (SSSR count). The first-order valence-corrected chi connectivity index (χ1v) is 8.75. The normalized spacial score (nSPS) is 23.0. The lowest BCUT2D eigenvalue weighted by molar-refractivity contribution is -0.222. The number of hydrogen-bond acceptors (Lipinski definition) is 7. The van der Waals surface area contributed by atoms with Crippen molar-refractivity contribution in [3.63, 3.8) is 0 Å². The van der Waals surface area contributed by atoms with Crippen LogP contribution in [0.3, 0.4) is 0 Å². The van der Waals surface area contributed by atoms with Gasteiger partial charge in [-0.3, -0.25) is 0 Å². The number of cyclic esters (lactones) is 2. The molecule has 2 fully saturated rings. The molecule has 2 heterocycles. The molecule has 0 spiro atoms. The van der Waals surface area contributed by atoms with Gasteiger partial charge in [-0.05, 0) is 50.9 Å². The Hall–Kier alpha value is -2.32. The monoisotopic (exact) mass is 373 g/mol. The van der Waals surface area contributed by atoms with Gasteiger partial charge >= 0.3 is 19.1 Å². The van der Waals surface area contributed by atoms with E-state index in [1.165, 1.54) is 19.9 Å². The number of benzene rings is 1. The lowest BCUT2D eigenvalue weighted by Gasteiger charge is -2.32. The van der Waals surface area contributed by atoms with Gasteiger partial charge in [0.1, 0.15) is 5.57 Å². The summed E-state index contributed by atoms with van der Waals surface area (Å²) in [6.45, 7) is 10.8. The number of carbonyl (C=O) groups excluding carboxylic acids is 2. The Labute approximate surface area is 158 Å². The minimum Gasteiger partial charge on any atom is -0.419 e. The Balaban J connectivity index is 1.94. The summed E-state index contributed by atoms with van der Waals surface area (Å²) < 4.78 is 22.3. The van der Waals surface area contributed by atoms with Gasteiger partial charge in [0.15, 0.2) is 0 Å². The molecule has 1 aromatic rings. The highest BCUT2D eigenvalue weighted by molar-refractivity contribution is 6.62. The van der Waals surface area contributed by atoms with E-state index in [4.69, 9.17) is 24.5 Å². The molecule has 0 bridgehead atoms. The Morgan fingerprint density at radius 2 is 1.44 bits per heavy atom. The van der Waals surface area contributed by atoms with Crippen LogP contribution < -0.4 is 11.2 Å². The van der Waals surface area contributed by atoms with Gasteiger partial charge in [0.2, 0.25) is 0 Å². The number of nitrogen functional groups attached to an aromatic ring is 1. The molecule has 0 aliphatic carbocycles. The zero-order valence-electron chi connectivity index (χ0n) is 16.4. The van der Waals surface area contributed by atoms with E-state index in [0.717, 1.165) is 5.46 Å². The summed E-state index contributed by atoms with van der Waals surface area (Å²) in [5.74, 6) is -2.80. The quantitative estimate of drug-likeness (QED) is 0.278. The summed E-state index contributed by atoms with van der Waals surface area (Å²) in [4.78, 5) is 24.3. The molecule has 0 aromatic heterocycles. The molecule has 2 saturated heterocycles. The van der Waals surface area contributed by atoms with Crippen molar-refractivity contribution >= 4 is 36.3 Å². The fraction of sp³-hybridized carbons (Fsp3) is 0.474. The molecule has 27 heavy (non-hydrogen) atoms. The molecular weight excluding hydrogens is 349 g/mol. The van der Waals surface area contributed by atoms with Crippen molar-refractivity contribution in [3.8, 4) is 0 Å². The predicted molar refractivity (Wildman–Crippen MR) is 101 cm³/mol. The minimum absolute atomic E-state index is 0.216. The van der Waals surface area contributed by atoms with Gasteiger partial charge in [-0.15, -0.1) is 0 Å². The highest BCUT2D eigenvalue weighted by Crippen LogP contribution is 2.36. The van der Waals surface area contributed by atoms with Crippen molar-refractivity contribution in [1.82, 2.24) is 0 Å². The minimum atomic E-state index is -1.29. The Morgan fingerprint density at radius 3 is 1.96 bits per heavy atom. The SMILES string of the molecule is CC1(C)OC(=O)C(=Cc2cc(B3OC(C)(C)C(C)(C)O3)ccc2N)C(=O)O1. The maximum absolute atomic E-state index is 12.2. The first-order valence-electron chi connectivity index (χ1n) is 8.75. The summed E-state index contributed by atoms with van der Waals surface area (Å²) in [6, 6.07) is 5.20. The van der Waals surface area contributed by atoms with Gasteiger partial charge < -0.3 is 24.5 Å². The standard InChI is InChI=1S/C19H24BNO6/c1-17(2)18(3,4)27-20(26-17)12-7-8-14(21)11(9-12)10-13-15(22)24-19(5,6)25-16(13)23/h7-10H,21H2,1-6H3. The molecule has 0 atom stereocenters. The molecule has 2 aliphatic heterocycles. The van der Waals surface area contributed by atoms with E-state index < -0.39 is 36.0 Å². The van der Waals surface area contributed by atoms with Crippen LogP contribution in [-0.2, 0) is 28.4 Å². The molecule has 0 unspecified atom stereocenters. The van der Waals surface area contributed by atoms with E-state index in [2.05, 4.69) is 0 Å². The van der Waals surface area contributed by atoms with Crippen LogP contribution in [0.25, 0.3) is 6.08 Å². The van der Waals surface area contributed by atoms with Gasteiger partial charge in [-0.1, -0.05) is 12.1 Å². The fourth-order valence-corrected chi connectivity index (χ4v) is 2.78. The second-order valence-electron chi connectivity index (χ2n) is 8.21. The molecule has 0 saturated carbocycles. The zero-order chi connectivity index (χ0) is 20.2. The summed E-state index contributed by atoms with van der Waals surface area (Å²) in [5, 5.41) is 0. The lowest BCUT2D eigenvalue weighted by Crippen LogP contribution is -2.41. The molecule has 0 radical (unpaired) electrons. The topological polar surface area (TPSA) is 97.1 Å². The van der Waals surface area contributed by atoms with Crippen LogP contribution in [0, 0.1) is 0 Å². The Bertz CT molecular complexity index is 805. The molecule has 2 aliphatic rings. The third-order valence-electron chi connectivity index (χ3n) is 5.05. The van der Waals surface area contributed by atoms with Gasteiger partial charge in [0.25, 0.3) is 5.79 Å². The van der Waals surface area contributed by atoms with Crippen molar-refractivity contribution < 1.29 is 28.4 Å². The third kappa shape index (κ3) is 3.59. The molecular formula is C19H24BNO6. The number of carbonyl (C=O) groups is 2. The van der Waals surface area contributed by atoms with Crippen LogP contribution in [0.5, 0.6) is 0 Å². The van der Waals surface area contributed by atoms with Crippen molar-refractivity contribution in [2.45, 2.75) is 58.5 Å². The first kappa shape index (κ1) is 19.4. The Morgan fingerprint density at radius 1 is 0.926 bits per heavy atom. The molecule has 1 aromatic carbocycles. The summed E-state index contributed by atoms with van der Waals surface area (Å²) in [6.07, 6.45) is 1.37. The van der Waals surface area contributed by atoms with Crippen molar-refractivity contribution in [1.29, 1.82) is 0 Å². The summed E-state index contributed by atoms with van der Waals surface area (Å²) >= 11 is 0. The maximum atomic E-state index is 12.2. The average Bonchev–Trinajstić information content (AvgIpc) is 2.72. The maximum Gasteiger partial charge on any atom is 0.494 e. The molecule has 2 N–H and O–H groups in total. The van der Waals surface area contributed by atoms with Crippen LogP contribution in [-0.4, -0.2) is 36.0 Å². The number of hydrogen-bond donors (Lipinski definition) is 1. The van der Waals surface area contributed by atoms with Crippen LogP contribution >= 0.6 is 0 Å². The van der Waals surface area contributed by atoms with Gasteiger partial charge in [0, 0.05) is 19.5 Å². The largest absolute Gasteiger partial charge is 0.494 e. The average molecular weight is 373 g/mol.